The van der Waals surface area contributed by atoms with Crippen molar-refractivity contribution in [3.8, 4) is 0 Å². The van der Waals surface area contributed by atoms with Crippen LogP contribution in [0.5, 0.6) is 0 Å². The van der Waals surface area contributed by atoms with Crippen molar-refractivity contribution in [1.29, 1.82) is 0 Å². The maximum atomic E-state index is 4.41. The van der Waals surface area contributed by atoms with Gasteiger partial charge < -0.3 is 5.32 Å². The fourth-order valence-corrected chi connectivity index (χ4v) is 0.986. The molecule has 2 N–H and O–H groups in total. The van der Waals surface area contributed by atoms with Crippen LogP contribution in [-0.4, -0.2) is 28.8 Å². The van der Waals surface area contributed by atoms with Crippen molar-refractivity contribution in [2.24, 2.45) is 0 Å². The molecule has 0 saturated carbocycles. The summed E-state index contributed by atoms with van der Waals surface area (Å²) in [6.45, 7) is 7.26. The molecule has 0 fully saturated rings. The molecule has 0 aliphatic rings. The molecule has 74 valence electrons. The lowest BCUT2D eigenvalue weighted by Gasteiger charge is -2.11. The molecule has 0 spiro atoms. The predicted octanol–water partition coefficient (Wildman–Crippen LogP) is 0.864. The van der Waals surface area contributed by atoms with E-state index in [0.29, 0.717) is 0 Å². The number of aromatic amines is 1. The summed E-state index contributed by atoms with van der Waals surface area (Å²) in [6, 6.07) is 0. The van der Waals surface area contributed by atoms with Gasteiger partial charge >= 0.3 is 0 Å². The van der Waals surface area contributed by atoms with Crippen molar-refractivity contribution < 1.29 is 0 Å². The number of hydrogen-bond donors (Lipinski definition) is 2. The normalized spacial score (nSPS) is 12.0. The lowest BCUT2D eigenvalue weighted by atomic mass is 9.96. The van der Waals surface area contributed by atoms with Gasteiger partial charge in [-0.25, -0.2) is 4.98 Å². The zero-order valence-electron chi connectivity index (χ0n) is 8.81. The highest BCUT2D eigenvalue weighted by Crippen LogP contribution is 2.17. The minimum absolute atomic E-state index is 0.0361. The van der Waals surface area contributed by atoms with Gasteiger partial charge in [0.1, 0.15) is 5.82 Å². The third-order valence-electron chi connectivity index (χ3n) is 1.81. The Morgan fingerprint density at radius 3 is 2.54 bits per heavy atom. The molecule has 4 nitrogen and oxygen atoms in total. The number of nitrogens with zero attached hydrogens (tertiary/aromatic N) is 2. The Morgan fingerprint density at radius 1 is 1.38 bits per heavy atom. The zero-order valence-corrected chi connectivity index (χ0v) is 8.81. The molecule has 0 bridgehead atoms. The van der Waals surface area contributed by atoms with Crippen molar-refractivity contribution >= 4 is 0 Å². The fourth-order valence-electron chi connectivity index (χ4n) is 0.986. The van der Waals surface area contributed by atoms with E-state index in [1.165, 1.54) is 0 Å². The van der Waals surface area contributed by atoms with Crippen LogP contribution in [0, 0.1) is 0 Å². The van der Waals surface area contributed by atoms with Gasteiger partial charge in [-0.2, -0.15) is 5.10 Å². The topological polar surface area (TPSA) is 53.6 Å². The molecule has 0 aromatic carbocycles. The van der Waals surface area contributed by atoms with Crippen LogP contribution in [0.4, 0.5) is 0 Å². The van der Waals surface area contributed by atoms with Crippen LogP contribution in [0.1, 0.15) is 32.4 Å². The molecule has 0 aliphatic heterocycles. The Kier molecular flexibility index (Phi) is 3.03. The quantitative estimate of drug-likeness (QED) is 0.729. The van der Waals surface area contributed by atoms with Crippen molar-refractivity contribution in [3.05, 3.63) is 11.6 Å². The first-order valence-electron chi connectivity index (χ1n) is 4.60. The van der Waals surface area contributed by atoms with E-state index in [1.54, 1.807) is 0 Å². The molecule has 1 heterocycles. The van der Waals surface area contributed by atoms with Gasteiger partial charge in [0.15, 0.2) is 5.82 Å². The highest BCUT2D eigenvalue weighted by atomic mass is 15.2. The smallest absolute Gasteiger partial charge is 0.155 e. The second-order valence-electron chi connectivity index (χ2n) is 4.21. The van der Waals surface area contributed by atoms with Gasteiger partial charge in [-0.15, -0.1) is 0 Å². The summed E-state index contributed by atoms with van der Waals surface area (Å²) < 4.78 is 0. The van der Waals surface area contributed by atoms with Gasteiger partial charge in [-0.3, -0.25) is 5.10 Å². The molecule has 0 atom stereocenters. The molecule has 4 heteroatoms. The Bertz CT molecular complexity index is 259. The summed E-state index contributed by atoms with van der Waals surface area (Å²) in [4.78, 5) is 4.41. The van der Waals surface area contributed by atoms with Crippen molar-refractivity contribution in [3.63, 3.8) is 0 Å². The van der Waals surface area contributed by atoms with Crippen molar-refractivity contribution in [2.75, 3.05) is 13.6 Å². The molecule has 0 saturated heterocycles. The zero-order chi connectivity index (χ0) is 9.90. The Balaban J connectivity index is 2.64. The minimum Gasteiger partial charge on any atom is -0.319 e. The van der Waals surface area contributed by atoms with E-state index in [-0.39, 0.29) is 5.41 Å². The van der Waals surface area contributed by atoms with Gasteiger partial charge in [0, 0.05) is 18.4 Å². The summed E-state index contributed by atoms with van der Waals surface area (Å²) in [5, 5.41) is 10.2. The summed E-state index contributed by atoms with van der Waals surface area (Å²) in [5.74, 6) is 1.85. The van der Waals surface area contributed by atoms with E-state index in [0.717, 1.165) is 24.6 Å². The summed E-state index contributed by atoms with van der Waals surface area (Å²) in [7, 11) is 1.93. The monoisotopic (exact) mass is 182 g/mol. The summed E-state index contributed by atoms with van der Waals surface area (Å²) in [6.07, 6.45) is 0.902. The molecule has 0 radical (unpaired) electrons. The van der Waals surface area contributed by atoms with Crippen LogP contribution >= 0.6 is 0 Å². The number of nitrogens with one attached hydrogen (secondary N) is 2. The van der Waals surface area contributed by atoms with Gasteiger partial charge in [0.05, 0.1) is 0 Å². The van der Waals surface area contributed by atoms with Crippen LogP contribution in [0.2, 0.25) is 0 Å². The van der Waals surface area contributed by atoms with Crippen LogP contribution in [0.25, 0.3) is 0 Å². The molecular weight excluding hydrogens is 164 g/mol. The minimum atomic E-state index is 0.0361. The highest BCUT2D eigenvalue weighted by molar-refractivity contribution is 5.02. The van der Waals surface area contributed by atoms with E-state index in [9.17, 15) is 0 Å². The van der Waals surface area contributed by atoms with E-state index >= 15 is 0 Å². The van der Waals surface area contributed by atoms with Gasteiger partial charge in [0.2, 0.25) is 0 Å². The molecule has 0 amide bonds. The lowest BCUT2D eigenvalue weighted by Crippen LogP contribution is -2.14. The van der Waals surface area contributed by atoms with E-state index in [2.05, 4.69) is 41.3 Å². The Morgan fingerprint density at radius 2 is 2.08 bits per heavy atom. The maximum Gasteiger partial charge on any atom is 0.155 e. The standard InChI is InChI=1S/C9H18N4/c1-9(2,3)8-11-7(12-13-8)5-6-10-4/h10H,5-6H2,1-4H3,(H,11,12,13). The first-order chi connectivity index (χ1) is 6.04. The maximum absolute atomic E-state index is 4.41. The third kappa shape index (κ3) is 2.81. The van der Waals surface area contributed by atoms with Crippen LogP contribution in [0.15, 0.2) is 0 Å². The number of aromatic nitrogens is 3. The SMILES string of the molecule is CNCCc1nc(C(C)(C)C)n[nH]1. The second kappa shape index (κ2) is 3.87. The van der Waals surface area contributed by atoms with Gasteiger partial charge in [-0.1, -0.05) is 20.8 Å². The molecule has 1 aromatic heterocycles. The fraction of sp³-hybridized carbons (Fsp3) is 0.778. The first-order valence-corrected chi connectivity index (χ1v) is 4.60. The second-order valence-corrected chi connectivity index (χ2v) is 4.21. The van der Waals surface area contributed by atoms with Crippen molar-refractivity contribution in [2.45, 2.75) is 32.6 Å². The highest BCUT2D eigenvalue weighted by Gasteiger charge is 2.18. The van der Waals surface area contributed by atoms with Gasteiger partial charge in [-0.05, 0) is 7.05 Å². The molecular formula is C9H18N4. The molecule has 0 unspecified atom stereocenters. The van der Waals surface area contributed by atoms with Gasteiger partial charge in [0.25, 0.3) is 0 Å². The molecule has 13 heavy (non-hydrogen) atoms. The van der Waals surface area contributed by atoms with E-state index in [1.807, 2.05) is 7.05 Å². The molecule has 0 aliphatic carbocycles. The third-order valence-corrected chi connectivity index (χ3v) is 1.81. The lowest BCUT2D eigenvalue weighted by molar-refractivity contribution is 0.547. The average molecular weight is 182 g/mol. The summed E-state index contributed by atoms with van der Waals surface area (Å²) in [5.41, 5.74) is 0.0361. The molecule has 1 rings (SSSR count). The van der Waals surface area contributed by atoms with Crippen LogP contribution < -0.4 is 5.32 Å². The summed E-state index contributed by atoms with van der Waals surface area (Å²) >= 11 is 0. The van der Waals surface area contributed by atoms with E-state index in [4.69, 9.17) is 0 Å². The Hall–Kier alpha value is -0.900. The van der Waals surface area contributed by atoms with Crippen LogP contribution in [-0.2, 0) is 11.8 Å². The largest absolute Gasteiger partial charge is 0.319 e. The Labute approximate surface area is 79.2 Å². The number of rotatable bonds is 3. The van der Waals surface area contributed by atoms with Crippen molar-refractivity contribution in [1.82, 2.24) is 20.5 Å². The van der Waals surface area contributed by atoms with Crippen LogP contribution in [0.3, 0.4) is 0 Å². The first kappa shape index (κ1) is 10.2. The number of hydrogen-bond acceptors (Lipinski definition) is 3. The molecule has 1 aromatic rings. The predicted molar refractivity (Wildman–Crippen MR) is 52.7 cm³/mol. The average Bonchev–Trinajstić information content (AvgIpc) is 2.47. The van der Waals surface area contributed by atoms with E-state index < -0.39 is 0 Å². The number of likely N-dealkylation sites (N-methyl/N-ethyl adjacent to an activating group) is 1. The number of H-pyrrole nitrogens is 1.